The van der Waals surface area contributed by atoms with Gasteiger partial charge in [-0.25, -0.2) is 10.4 Å². The summed E-state index contributed by atoms with van der Waals surface area (Å²) in [5, 5.41) is 4.74. The highest BCUT2D eigenvalue weighted by atomic mass is 16.1. The molecule has 0 bridgehead atoms. The Morgan fingerprint density at radius 1 is 1.22 bits per heavy atom. The lowest BCUT2D eigenvalue weighted by Crippen LogP contribution is -2.33. The molecule has 1 unspecified atom stereocenters. The van der Waals surface area contributed by atoms with Gasteiger partial charge >= 0.3 is 0 Å². The van der Waals surface area contributed by atoms with Crippen LogP contribution in [0.3, 0.4) is 0 Å². The molecule has 0 fully saturated rings. The summed E-state index contributed by atoms with van der Waals surface area (Å²) in [4.78, 5) is 23.6. The van der Waals surface area contributed by atoms with Crippen LogP contribution in [0.4, 0.5) is 11.5 Å². The molecule has 3 heterocycles. The molecule has 27 heavy (non-hydrogen) atoms. The topological polar surface area (TPSA) is 73.4 Å². The molecule has 2 N–H and O–H groups in total. The maximum absolute atomic E-state index is 12.6. The second-order valence-corrected chi connectivity index (χ2v) is 7.12. The first-order valence-corrected chi connectivity index (χ1v) is 8.89. The number of nitrogens with one attached hydrogen (secondary N) is 2. The number of pyridine rings is 2. The van der Waals surface area contributed by atoms with Gasteiger partial charge in [0.05, 0.1) is 23.5 Å². The minimum atomic E-state index is -0.131. The highest BCUT2D eigenvalue weighted by Crippen LogP contribution is 2.28. The molecule has 2 aromatic rings. The number of anilines is 2. The van der Waals surface area contributed by atoms with Crippen LogP contribution in [-0.4, -0.2) is 48.1 Å². The van der Waals surface area contributed by atoms with Crippen molar-refractivity contribution in [1.29, 1.82) is 0 Å². The van der Waals surface area contributed by atoms with E-state index < -0.39 is 0 Å². The summed E-state index contributed by atoms with van der Waals surface area (Å²) >= 11 is 0. The largest absolute Gasteiger partial charge is 0.363 e. The summed E-state index contributed by atoms with van der Waals surface area (Å²) in [6.07, 6.45) is 5.33. The van der Waals surface area contributed by atoms with Gasteiger partial charge in [-0.2, -0.15) is 0 Å². The predicted octanol–water partition coefficient (Wildman–Crippen LogP) is 2.49. The molecular formula is C20H26N6O. The van der Waals surface area contributed by atoms with E-state index in [0.29, 0.717) is 11.3 Å². The van der Waals surface area contributed by atoms with Crippen LogP contribution in [0.5, 0.6) is 0 Å². The Hall–Kier alpha value is -2.93. The van der Waals surface area contributed by atoms with Crippen molar-refractivity contribution in [1.82, 2.24) is 20.4 Å². The maximum Gasteiger partial charge on any atom is 0.254 e. The van der Waals surface area contributed by atoms with E-state index in [1.807, 2.05) is 59.1 Å². The van der Waals surface area contributed by atoms with Gasteiger partial charge in [-0.1, -0.05) is 0 Å². The van der Waals surface area contributed by atoms with Gasteiger partial charge in [0, 0.05) is 50.4 Å². The molecule has 1 amide bonds. The molecule has 0 radical (unpaired) electrons. The number of amides is 1. The number of aryl methyl sites for hydroxylation is 2. The van der Waals surface area contributed by atoms with Crippen LogP contribution in [0.15, 0.2) is 36.3 Å². The average Bonchev–Trinajstić information content (AvgIpc) is 2.94. The molecule has 142 valence electrons. The van der Waals surface area contributed by atoms with E-state index in [2.05, 4.69) is 26.8 Å². The summed E-state index contributed by atoms with van der Waals surface area (Å²) in [6.45, 7) is 5.95. The van der Waals surface area contributed by atoms with Crippen molar-refractivity contribution >= 4 is 17.4 Å². The van der Waals surface area contributed by atoms with Crippen molar-refractivity contribution in [3.8, 4) is 11.1 Å². The van der Waals surface area contributed by atoms with E-state index in [4.69, 9.17) is 0 Å². The molecule has 2 aromatic heterocycles. The number of carbonyl (C=O) groups excluding carboxylic acids is 1. The van der Waals surface area contributed by atoms with Crippen LogP contribution in [0.1, 0.15) is 18.2 Å². The van der Waals surface area contributed by atoms with Crippen molar-refractivity contribution in [3.63, 3.8) is 0 Å². The lowest BCUT2D eigenvalue weighted by molar-refractivity contribution is -0.113. The van der Waals surface area contributed by atoms with Crippen molar-refractivity contribution in [2.24, 2.45) is 0 Å². The first-order valence-electron chi connectivity index (χ1n) is 8.89. The molecule has 1 aliphatic heterocycles. The van der Waals surface area contributed by atoms with Crippen LogP contribution < -0.4 is 15.6 Å². The zero-order valence-electron chi connectivity index (χ0n) is 16.7. The maximum atomic E-state index is 12.6. The highest BCUT2D eigenvalue weighted by molar-refractivity contribution is 6.05. The number of carbonyl (C=O) groups is 1. The second-order valence-electron chi connectivity index (χ2n) is 7.12. The molecule has 3 rings (SSSR count). The zero-order chi connectivity index (χ0) is 19.7. The Bertz CT molecular complexity index is 905. The van der Waals surface area contributed by atoms with Gasteiger partial charge in [-0.3, -0.25) is 9.78 Å². The Morgan fingerprint density at radius 2 is 1.96 bits per heavy atom. The van der Waals surface area contributed by atoms with E-state index in [0.717, 1.165) is 28.2 Å². The van der Waals surface area contributed by atoms with E-state index in [-0.39, 0.29) is 11.9 Å². The van der Waals surface area contributed by atoms with Gasteiger partial charge in [0.25, 0.3) is 5.91 Å². The van der Waals surface area contributed by atoms with Crippen LogP contribution >= 0.6 is 0 Å². The zero-order valence-corrected chi connectivity index (χ0v) is 16.7. The number of rotatable bonds is 4. The fourth-order valence-electron chi connectivity index (χ4n) is 3.27. The third kappa shape index (κ3) is 3.93. The minimum absolute atomic E-state index is 0.0293. The predicted molar refractivity (Wildman–Crippen MR) is 108 cm³/mol. The normalized spacial score (nSPS) is 16.3. The molecule has 1 aliphatic rings. The number of hydrazine groups is 1. The van der Waals surface area contributed by atoms with E-state index in [1.54, 1.807) is 17.4 Å². The molecule has 7 nitrogen and oxygen atoms in total. The first kappa shape index (κ1) is 18.8. The Labute approximate surface area is 160 Å². The molecular weight excluding hydrogens is 340 g/mol. The number of hydrogen-bond acceptors (Lipinski definition) is 6. The molecule has 0 aliphatic carbocycles. The van der Waals surface area contributed by atoms with E-state index in [9.17, 15) is 4.79 Å². The third-order valence-electron chi connectivity index (χ3n) is 4.59. The van der Waals surface area contributed by atoms with Gasteiger partial charge in [0.1, 0.15) is 5.82 Å². The standard InChI is InChI=1S/C20H26N6O/c1-12-7-15(9-22-19(12)25(4)5)17-8-16(10-21-13(17)2)23-20(27)18-11-26(6)24-14(18)3/h7-11,14,24H,1-6H3,(H,23,27). The van der Waals surface area contributed by atoms with Crippen LogP contribution in [0.25, 0.3) is 11.1 Å². The minimum Gasteiger partial charge on any atom is -0.363 e. The second kappa shape index (κ2) is 7.36. The monoisotopic (exact) mass is 366 g/mol. The van der Waals surface area contributed by atoms with E-state index in [1.165, 1.54) is 0 Å². The number of aromatic nitrogens is 2. The quantitative estimate of drug-likeness (QED) is 0.866. The summed E-state index contributed by atoms with van der Waals surface area (Å²) < 4.78 is 0. The van der Waals surface area contributed by atoms with Gasteiger partial charge in [0.2, 0.25) is 0 Å². The third-order valence-corrected chi connectivity index (χ3v) is 4.59. The molecule has 1 atom stereocenters. The van der Waals surface area contributed by atoms with Gasteiger partial charge in [-0.15, -0.1) is 0 Å². The average molecular weight is 366 g/mol. The van der Waals surface area contributed by atoms with Crippen LogP contribution in [0.2, 0.25) is 0 Å². The van der Waals surface area contributed by atoms with Gasteiger partial charge in [0.15, 0.2) is 0 Å². The fraction of sp³-hybridized carbons (Fsp3) is 0.350. The lowest BCUT2D eigenvalue weighted by Gasteiger charge is -2.16. The Kier molecular flexibility index (Phi) is 5.14. The van der Waals surface area contributed by atoms with Crippen LogP contribution in [-0.2, 0) is 4.79 Å². The highest BCUT2D eigenvalue weighted by Gasteiger charge is 2.23. The fourth-order valence-corrected chi connectivity index (χ4v) is 3.27. The Balaban J connectivity index is 1.88. The van der Waals surface area contributed by atoms with Crippen molar-refractivity contribution in [2.45, 2.75) is 26.8 Å². The van der Waals surface area contributed by atoms with Crippen molar-refractivity contribution in [2.75, 3.05) is 31.4 Å². The smallest absolute Gasteiger partial charge is 0.254 e. The molecule has 7 heteroatoms. The summed E-state index contributed by atoms with van der Waals surface area (Å²) in [5.41, 5.74) is 8.42. The first-order chi connectivity index (χ1) is 12.8. The van der Waals surface area contributed by atoms with Crippen molar-refractivity contribution < 1.29 is 4.79 Å². The molecule has 0 saturated carbocycles. The van der Waals surface area contributed by atoms with Crippen LogP contribution in [0, 0.1) is 13.8 Å². The van der Waals surface area contributed by atoms with E-state index >= 15 is 0 Å². The summed E-state index contributed by atoms with van der Waals surface area (Å²) in [5.74, 6) is 0.806. The van der Waals surface area contributed by atoms with Crippen molar-refractivity contribution in [3.05, 3.63) is 47.6 Å². The lowest BCUT2D eigenvalue weighted by atomic mass is 10.0. The summed E-state index contributed by atoms with van der Waals surface area (Å²) in [7, 11) is 5.82. The Morgan fingerprint density at radius 3 is 2.56 bits per heavy atom. The molecule has 0 aromatic carbocycles. The summed E-state index contributed by atoms with van der Waals surface area (Å²) in [6, 6.07) is 4.01. The molecule has 0 saturated heterocycles. The number of nitrogens with zero attached hydrogens (tertiary/aromatic N) is 4. The SMILES string of the molecule is Cc1cc(-c2cc(NC(=O)C3=CN(C)NC3C)cnc2C)cnc1N(C)C. The van der Waals surface area contributed by atoms with Gasteiger partial charge < -0.3 is 15.2 Å². The molecule has 0 spiro atoms. The van der Waals surface area contributed by atoms with Gasteiger partial charge in [-0.05, 0) is 38.5 Å². The number of hydrogen-bond donors (Lipinski definition) is 2.